The van der Waals surface area contributed by atoms with Gasteiger partial charge in [-0.2, -0.15) is 0 Å². The van der Waals surface area contributed by atoms with Crippen molar-refractivity contribution in [2.45, 2.75) is 24.2 Å². The van der Waals surface area contributed by atoms with E-state index in [4.69, 9.17) is 0 Å². The molecule has 1 aliphatic rings. The van der Waals surface area contributed by atoms with Crippen LogP contribution in [0.2, 0.25) is 0 Å². The number of sulfonamides is 1. The molecule has 0 amide bonds. The van der Waals surface area contributed by atoms with Crippen molar-refractivity contribution in [2.75, 3.05) is 4.72 Å². The van der Waals surface area contributed by atoms with Crippen molar-refractivity contribution in [1.29, 1.82) is 0 Å². The number of hydrogen-bond acceptors (Lipinski definition) is 2. The molecular weight excluding hydrogens is 296 g/mol. The molecule has 1 N–H and O–H groups in total. The molecule has 0 heterocycles. The zero-order valence-corrected chi connectivity index (χ0v) is 11.9. The lowest BCUT2D eigenvalue weighted by atomic mass is 10.1. The standard InChI is InChI=1S/C15H13F2NO2S/c16-12-5-7-15(14(17)9-12)21(19,20)18-13-6-4-10-2-1-3-11(10)8-13/h4-9,18H,1-3H2. The largest absolute Gasteiger partial charge is 0.280 e. The number of benzene rings is 2. The Labute approximate surface area is 121 Å². The normalized spacial score (nSPS) is 14.0. The summed E-state index contributed by atoms with van der Waals surface area (Å²) in [5.74, 6) is -1.92. The summed E-state index contributed by atoms with van der Waals surface area (Å²) >= 11 is 0. The Balaban J connectivity index is 1.92. The third kappa shape index (κ3) is 2.76. The van der Waals surface area contributed by atoms with Gasteiger partial charge in [-0.1, -0.05) is 6.07 Å². The van der Waals surface area contributed by atoms with Gasteiger partial charge in [0.05, 0.1) is 0 Å². The first-order valence-corrected chi connectivity index (χ1v) is 8.04. The van der Waals surface area contributed by atoms with Crippen molar-refractivity contribution < 1.29 is 17.2 Å². The molecule has 1 aliphatic carbocycles. The maximum atomic E-state index is 13.6. The van der Waals surface area contributed by atoms with Gasteiger partial charge in [0.2, 0.25) is 0 Å². The average Bonchev–Trinajstić information content (AvgIpc) is 2.85. The second kappa shape index (κ2) is 5.11. The van der Waals surface area contributed by atoms with Crippen LogP contribution in [-0.4, -0.2) is 8.42 Å². The number of halogens is 2. The molecule has 0 radical (unpaired) electrons. The van der Waals surface area contributed by atoms with Gasteiger partial charge in [-0.05, 0) is 54.7 Å². The molecule has 3 nitrogen and oxygen atoms in total. The lowest BCUT2D eigenvalue weighted by Crippen LogP contribution is -2.15. The van der Waals surface area contributed by atoms with Gasteiger partial charge in [0.25, 0.3) is 10.0 Å². The summed E-state index contributed by atoms with van der Waals surface area (Å²) < 4.78 is 53.1. The lowest BCUT2D eigenvalue weighted by Gasteiger charge is -2.10. The quantitative estimate of drug-likeness (QED) is 0.946. The lowest BCUT2D eigenvalue weighted by molar-refractivity contribution is 0.551. The molecule has 0 spiro atoms. The Morgan fingerprint density at radius 2 is 1.71 bits per heavy atom. The van der Waals surface area contributed by atoms with Crippen LogP contribution in [0.5, 0.6) is 0 Å². The summed E-state index contributed by atoms with van der Waals surface area (Å²) in [4.78, 5) is -0.565. The maximum Gasteiger partial charge on any atom is 0.264 e. The first-order chi connectivity index (χ1) is 9.95. The van der Waals surface area contributed by atoms with Gasteiger partial charge in [0.1, 0.15) is 16.5 Å². The Hall–Kier alpha value is -1.95. The molecule has 6 heteroatoms. The van der Waals surface area contributed by atoms with Crippen LogP contribution in [-0.2, 0) is 22.9 Å². The maximum absolute atomic E-state index is 13.6. The molecular formula is C15H13F2NO2S. The minimum Gasteiger partial charge on any atom is -0.280 e. The highest BCUT2D eigenvalue weighted by molar-refractivity contribution is 7.92. The van der Waals surface area contributed by atoms with E-state index in [2.05, 4.69) is 4.72 Å². The van der Waals surface area contributed by atoms with Crippen molar-refractivity contribution in [3.63, 3.8) is 0 Å². The van der Waals surface area contributed by atoms with E-state index >= 15 is 0 Å². The van der Waals surface area contributed by atoms with Crippen LogP contribution in [0.4, 0.5) is 14.5 Å². The van der Waals surface area contributed by atoms with Crippen LogP contribution in [0.25, 0.3) is 0 Å². The Morgan fingerprint density at radius 3 is 2.48 bits per heavy atom. The van der Waals surface area contributed by atoms with E-state index < -0.39 is 26.6 Å². The smallest absolute Gasteiger partial charge is 0.264 e. The summed E-state index contributed by atoms with van der Waals surface area (Å²) in [6, 6.07) is 7.68. The molecule has 0 bridgehead atoms. The first-order valence-electron chi connectivity index (χ1n) is 6.55. The monoisotopic (exact) mass is 309 g/mol. The minimum atomic E-state index is -4.07. The number of hydrogen-bond donors (Lipinski definition) is 1. The zero-order chi connectivity index (χ0) is 15.0. The van der Waals surface area contributed by atoms with Crippen LogP contribution >= 0.6 is 0 Å². The third-order valence-corrected chi connectivity index (χ3v) is 4.95. The topological polar surface area (TPSA) is 46.2 Å². The summed E-state index contributed by atoms with van der Waals surface area (Å²) in [6.07, 6.45) is 2.96. The molecule has 2 aromatic carbocycles. The van der Waals surface area contributed by atoms with Gasteiger partial charge in [0.15, 0.2) is 0 Å². The summed E-state index contributed by atoms with van der Waals surface area (Å²) in [5, 5.41) is 0. The van der Waals surface area contributed by atoms with Crippen molar-refractivity contribution in [3.8, 4) is 0 Å². The molecule has 0 unspecified atom stereocenters. The molecule has 0 atom stereocenters. The molecule has 21 heavy (non-hydrogen) atoms. The second-order valence-electron chi connectivity index (χ2n) is 5.02. The first kappa shape index (κ1) is 14.0. The molecule has 2 aromatic rings. The van der Waals surface area contributed by atoms with E-state index in [9.17, 15) is 17.2 Å². The minimum absolute atomic E-state index is 0.388. The highest BCUT2D eigenvalue weighted by Crippen LogP contribution is 2.26. The molecule has 0 aliphatic heterocycles. The summed E-state index contributed by atoms with van der Waals surface area (Å²) in [6.45, 7) is 0. The highest BCUT2D eigenvalue weighted by atomic mass is 32.2. The number of fused-ring (bicyclic) bond motifs is 1. The number of rotatable bonds is 3. The fraction of sp³-hybridized carbons (Fsp3) is 0.200. The van der Waals surface area contributed by atoms with E-state index in [0.29, 0.717) is 11.8 Å². The van der Waals surface area contributed by atoms with E-state index in [0.717, 1.165) is 37.0 Å². The van der Waals surface area contributed by atoms with Gasteiger partial charge in [-0.25, -0.2) is 17.2 Å². The van der Waals surface area contributed by atoms with Gasteiger partial charge in [-0.15, -0.1) is 0 Å². The van der Waals surface area contributed by atoms with Crippen LogP contribution in [0.3, 0.4) is 0 Å². The predicted octanol–water partition coefficient (Wildman–Crippen LogP) is 3.25. The zero-order valence-electron chi connectivity index (χ0n) is 11.1. The average molecular weight is 309 g/mol. The Bertz CT molecular complexity index is 803. The van der Waals surface area contributed by atoms with Crippen LogP contribution in [0.1, 0.15) is 17.5 Å². The molecule has 0 saturated carbocycles. The molecule has 110 valence electrons. The fourth-order valence-electron chi connectivity index (χ4n) is 2.54. The van der Waals surface area contributed by atoms with Crippen LogP contribution in [0.15, 0.2) is 41.3 Å². The number of nitrogens with one attached hydrogen (secondary N) is 1. The molecule has 0 aromatic heterocycles. The van der Waals surface area contributed by atoms with Gasteiger partial charge in [0, 0.05) is 11.8 Å². The van der Waals surface area contributed by atoms with E-state index in [1.165, 1.54) is 5.56 Å². The van der Waals surface area contributed by atoms with Crippen molar-refractivity contribution >= 4 is 15.7 Å². The van der Waals surface area contributed by atoms with Gasteiger partial charge >= 0.3 is 0 Å². The van der Waals surface area contributed by atoms with Crippen molar-refractivity contribution in [3.05, 3.63) is 59.2 Å². The van der Waals surface area contributed by atoms with Crippen molar-refractivity contribution in [2.24, 2.45) is 0 Å². The number of aryl methyl sites for hydroxylation is 2. The van der Waals surface area contributed by atoms with Crippen LogP contribution in [0, 0.1) is 11.6 Å². The Morgan fingerprint density at radius 1 is 0.952 bits per heavy atom. The van der Waals surface area contributed by atoms with E-state index in [-0.39, 0.29) is 0 Å². The van der Waals surface area contributed by atoms with E-state index in [1.807, 2.05) is 6.07 Å². The summed E-state index contributed by atoms with van der Waals surface area (Å²) in [7, 11) is -4.07. The van der Waals surface area contributed by atoms with Crippen molar-refractivity contribution in [1.82, 2.24) is 0 Å². The van der Waals surface area contributed by atoms with Crippen LogP contribution < -0.4 is 4.72 Å². The number of anilines is 1. The summed E-state index contributed by atoms with van der Waals surface area (Å²) in [5.41, 5.74) is 2.71. The second-order valence-corrected chi connectivity index (χ2v) is 6.67. The molecule has 0 saturated heterocycles. The Kier molecular flexibility index (Phi) is 3.41. The van der Waals surface area contributed by atoms with E-state index in [1.54, 1.807) is 12.1 Å². The molecule has 3 rings (SSSR count). The highest BCUT2D eigenvalue weighted by Gasteiger charge is 2.20. The predicted molar refractivity (Wildman–Crippen MR) is 75.6 cm³/mol. The van der Waals surface area contributed by atoms with Gasteiger partial charge in [-0.3, -0.25) is 4.72 Å². The fourth-order valence-corrected chi connectivity index (χ4v) is 3.65. The molecule has 0 fully saturated rings. The third-order valence-electron chi connectivity index (χ3n) is 3.53. The SMILES string of the molecule is O=S(=O)(Nc1ccc2c(c1)CCC2)c1ccc(F)cc1F. The van der Waals surface area contributed by atoms with Gasteiger partial charge < -0.3 is 0 Å².